The third-order valence-electron chi connectivity index (χ3n) is 4.47. The predicted octanol–water partition coefficient (Wildman–Crippen LogP) is 2.37. The molecule has 4 nitrogen and oxygen atoms in total. The first-order valence-corrected chi connectivity index (χ1v) is 7.79. The van der Waals surface area contributed by atoms with E-state index in [1.165, 1.54) is 12.5 Å². The summed E-state index contributed by atoms with van der Waals surface area (Å²) >= 11 is 0. The lowest BCUT2D eigenvalue weighted by molar-refractivity contribution is -0.148. The van der Waals surface area contributed by atoms with Gasteiger partial charge in [-0.15, -0.1) is 0 Å². The van der Waals surface area contributed by atoms with Gasteiger partial charge in [-0.1, -0.05) is 30.3 Å². The van der Waals surface area contributed by atoms with Crippen LogP contribution in [0.1, 0.15) is 31.7 Å². The molecule has 2 saturated heterocycles. The van der Waals surface area contributed by atoms with E-state index >= 15 is 0 Å². The van der Waals surface area contributed by atoms with E-state index in [1.54, 1.807) is 0 Å². The molecule has 0 amide bonds. The average Bonchev–Trinajstić information content (AvgIpc) is 2.88. The second kappa shape index (κ2) is 6.58. The number of carbonyl (C=O) groups excluding carboxylic acids is 1. The molecule has 2 aliphatic heterocycles. The summed E-state index contributed by atoms with van der Waals surface area (Å²) in [5, 5.41) is 0. The van der Waals surface area contributed by atoms with Crippen LogP contribution in [0, 0.1) is 0 Å². The molecule has 114 valence electrons. The number of rotatable bonds is 4. The van der Waals surface area contributed by atoms with Crippen molar-refractivity contribution in [1.29, 1.82) is 0 Å². The van der Waals surface area contributed by atoms with Gasteiger partial charge in [-0.05, 0) is 24.8 Å². The third kappa shape index (κ3) is 3.63. The maximum atomic E-state index is 11.1. The summed E-state index contributed by atoms with van der Waals surface area (Å²) in [7, 11) is 0. The summed E-state index contributed by atoms with van der Waals surface area (Å²) in [6.45, 7) is 4.14. The van der Waals surface area contributed by atoms with Crippen LogP contribution in [0.25, 0.3) is 0 Å². The van der Waals surface area contributed by atoms with Crippen LogP contribution < -0.4 is 0 Å². The second-order valence-corrected chi connectivity index (χ2v) is 5.99. The van der Waals surface area contributed by atoms with Crippen molar-refractivity contribution in [2.75, 3.05) is 13.1 Å². The molecule has 3 rings (SSSR count). The summed E-state index contributed by atoms with van der Waals surface area (Å²) in [4.78, 5) is 13.6. The monoisotopic (exact) mass is 289 g/mol. The summed E-state index contributed by atoms with van der Waals surface area (Å²) in [6.07, 6.45) is 3.42. The molecule has 0 bridgehead atoms. The van der Waals surface area contributed by atoms with Gasteiger partial charge in [-0.2, -0.15) is 0 Å². The zero-order valence-electron chi connectivity index (χ0n) is 12.5. The number of hydrogen-bond acceptors (Lipinski definition) is 4. The molecule has 4 heteroatoms. The normalized spacial score (nSPS) is 29.1. The van der Waals surface area contributed by atoms with Crippen LogP contribution in [0.2, 0.25) is 0 Å². The van der Waals surface area contributed by atoms with Crippen molar-refractivity contribution in [1.82, 2.24) is 4.90 Å². The van der Waals surface area contributed by atoms with Gasteiger partial charge >= 0.3 is 5.97 Å². The Labute approximate surface area is 126 Å². The minimum absolute atomic E-state index is 0.0811. The van der Waals surface area contributed by atoms with Gasteiger partial charge in [0.1, 0.15) is 6.10 Å². The van der Waals surface area contributed by atoms with Gasteiger partial charge in [0.15, 0.2) is 0 Å². The van der Waals surface area contributed by atoms with E-state index in [0.29, 0.717) is 12.6 Å². The number of ether oxygens (including phenoxy) is 2. The molecule has 0 aromatic heterocycles. The van der Waals surface area contributed by atoms with Crippen LogP contribution in [0.5, 0.6) is 0 Å². The Hall–Kier alpha value is -1.39. The molecule has 1 aromatic rings. The van der Waals surface area contributed by atoms with E-state index < -0.39 is 0 Å². The van der Waals surface area contributed by atoms with Crippen molar-refractivity contribution in [2.45, 2.75) is 51.0 Å². The smallest absolute Gasteiger partial charge is 0.302 e. The molecule has 0 unspecified atom stereocenters. The van der Waals surface area contributed by atoms with Gasteiger partial charge < -0.3 is 9.47 Å². The molecular formula is C17H23NO3. The Kier molecular flexibility index (Phi) is 4.56. The Morgan fingerprint density at radius 3 is 2.81 bits per heavy atom. The third-order valence-corrected chi connectivity index (χ3v) is 4.47. The van der Waals surface area contributed by atoms with Crippen LogP contribution >= 0.6 is 0 Å². The molecule has 2 heterocycles. The van der Waals surface area contributed by atoms with E-state index in [1.807, 2.05) is 18.2 Å². The highest BCUT2D eigenvalue weighted by Crippen LogP contribution is 2.30. The topological polar surface area (TPSA) is 38.8 Å². The van der Waals surface area contributed by atoms with E-state index in [9.17, 15) is 4.79 Å². The average molecular weight is 289 g/mol. The fourth-order valence-electron chi connectivity index (χ4n) is 3.47. The maximum Gasteiger partial charge on any atom is 0.302 e. The zero-order valence-corrected chi connectivity index (χ0v) is 12.5. The molecule has 1 aromatic carbocycles. The Morgan fingerprint density at radius 1 is 1.24 bits per heavy atom. The number of hydrogen-bond donors (Lipinski definition) is 0. The van der Waals surface area contributed by atoms with Crippen LogP contribution in [0.3, 0.4) is 0 Å². The Morgan fingerprint density at radius 2 is 2.05 bits per heavy atom. The van der Waals surface area contributed by atoms with Crippen molar-refractivity contribution in [3.8, 4) is 0 Å². The van der Waals surface area contributed by atoms with E-state index in [-0.39, 0.29) is 18.2 Å². The molecule has 0 saturated carbocycles. The van der Waals surface area contributed by atoms with Crippen LogP contribution in [0.15, 0.2) is 30.3 Å². The summed E-state index contributed by atoms with van der Waals surface area (Å²) < 4.78 is 11.5. The summed E-state index contributed by atoms with van der Waals surface area (Å²) in [5.74, 6) is -0.163. The highest BCUT2D eigenvalue weighted by Gasteiger charge is 2.40. The number of carbonyl (C=O) groups is 1. The van der Waals surface area contributed by atoms with Gasteiger partial charge in [-0.3, -0.25) is 9.69 Å². The lowest BCUT2D eigenvalue weighted by Gasteiger charge is -2.36. The number of benzene rings is 1. The molecule has 0 aliphatic carbocycles. The maximum absolute atomic E-state index is 11.1. The SMILES string of the molecule is CC(=O)O[C@@H]1CCN2C[C@H](OCc3ccccc3)CC[C@@H]12. The van der Waals surface area contributed by atoms with E-state index in [4.69, 9.17) is 9.47 Å². The van der Waals surface area contributed by atoms with Crippen LogP contribution in [-0.4, -0.2) is 42.2 Å². The fourth-order valence-corrected chi connectivity index (χ4v) is 3.47. The number of piperidine rings is 1. The zero-order chi connectivity index (χ0) is 14.7. The number of nitrogens with zero attached hydrogens (tertiary/aromatic N) is 1. The van der Waals surface area contributed by atoms with Crippen LogP contribution in [-0.2, 0) is 20.9 Å². The number of fused-ring (bicyclic) bond motifs is 1. The molecule has 21 heavy (non-hydrogen) atoms. The largest absolute Gasteiger partial charge is 0.461 e. The molecule has 2 fully saturated rings. The van der Waals surface area contributed by atoms with Gasteiger partial charge in [0.05, 0.1) is 12.7 Å². The molecule has 0 radical (unpaired) electrons. The lowest BCUT2D eigenvalue weighted by atomic mass is 9.99. The fraction of sp³-hybridized carbons (Fsp3) is 0.588. The first kappa shape index (κ1) is 14.5. The van der Waals surface area contributed by atoms with Crippen LogP contribution in [0.4, 0.5) is 0 Å². The summed E-state index contributed by atoms with van der Waals surface area (Å²) in [6, 6.07) is 10.7. The molecule has 3 atom stereocenters. The van der Waals surface area contributed by atoms with E-state index in [0.717, 1.165) is 32.4 Å². The first-order valence-electron chi connectivity index (χ1n) is 7.79. The van der Waals surface area contributed by atoms with Gasteiger partial charge in [-0.25, -0.2) is 0 Å². The van der Waals surface area contributed by atoms with Gasteiger partial charge in [0.25, 0.3) is 0 Å². The minimum atomic E-state index is -0.163. The Bertz CT molecular complexity index is 476. The van der Waals surface area contributed by atoms with Crippen molar-refractivity contribution >= 4 is 5.97 Å². The minimum Gasteiger partial charge on any atom is -0.461 e. The number of esters is 1. The highest BCUT2D eigenvalue weighted by molar-refractivity contribution is 5.66. The van der Waals surface area contributed by atoms with E-state index in [2.05, 4.69) is 17.0 Å². The first-order chi connectivity index (χ1) is 10.2. The molecule has 0 spiro atoms. The van der Waals surface area contributed by atoms with Gasteiger partial charge in [0, 0.05) is 26.1 Å². The Balaban J connectivity index is 1.49. The lowest BCUT2D eigenvalue weighted by Crippen LogP contribution is -2.46. The quantitative estimate of drug-likeness (QED) is 0.798. The molecule has 0 N–H and O–H groups in total. The van der Waals surface area contributed by atoms with Crippen molar-refractivity contribution in [3.05, 3.63) is 35.9 Å². The molecule has 2 aliphatic rings. The second-order valence-electron chi connectivity index (χ2n) is 5.99. The standard InChI is InChI=1S/C17H23NO3/c1-13(19)21-17-9-10-18-11-15(7-8-16(17)18)20-12-14-5-3-2-4-6-14/h2-6,15-17H,7-12H2,1H3/t15-,16+,17-/m1/s1. The highest BCUT2D eigenvalue weighted by atomic mass is 16.5. The predicted molar refractivity (Wildman–Crippen MR) is 79.8 cm³/mol. The summed E-state index contributed by atoms with van der Waals surface area (Å²) in [5.41, 5.74) is 1.22. The van der Waals surface area contributed by atoms with Gasteiger partial charge in [0.2, 0.25) is 0 Å². The van der Waals surface area contributed by atoms with Crippen molar-refractivity contribution < 1.29 is 14.3 Å². The van der Waals surface area contributed by atoms with Crippen molar-refractivity contribution in [3.63, 3.8) is 0 Å². The van der Waals surface area contributed by atoms with Crippen molar-refractivity contribution in [2.24, 2.45) is 0 Å². The molecular weight excluding hydrogens is 266 g/mol.